The first kappa shape index (κ1) is 13.8. The fourth-order valence-corrected chi connectivity index (χ4v) is 3.89. The molecule has 0 saturated carbocycles. The molecule has 1 amide bonds. The highest BCUT2D eigenvalue weighted by molar-refractivity contribution is 6.76. The highest BCUT2D eigenvalue weighted by Crippen LogP contribution is 2.17. The number of rotatable bonds is 3. The fraction of sp³-hybridized carbons (Fsp3) is 0.312. The molecule has 2 nitrogen and oxygen atoms in total. The lowest BCUT2D eigenvalue weighted by molar-refractivity contribution is 0.0815. The summed E-state index contributed by atoms with van der Waals surface area (Å²) >= 11 is 0. The number of carbonyl (C=O) groups excluding carboxylic acids is 1. The van der Waals surface area contributed by atoms with E-state index in [9.17, 15) is 4.79 Å². The van der Waals surface area contributed by atoms with Crippen LogP contribution in [0.25, 0.3) is 10.8 Å². The molecule has 0 spiro atoms. The lowest BCUT2D eigenvalue weighted by Gasteiger charge is -2.25. The van der Waals surface area contributed by atoms with Gasteiger partial charge >= 0.3 is 0 Å². The molecule has 0 bridgehead atoms. The lowest BCUT2D eigenvalue weighted by atomic mass is 10.1. The highest BCUT2D eigenvalue weighted by Gasteiger charge is 2.20. The number of amides is 1. The first-order chi connectivity index (χ1) is 8.87. The minimum Gasteiger partial charge on any atom is -0.345 e. The lowest BCUT2D eigenvalue weighted by Crippen LogP contribution is -2.41. The summed E-state index contributed by atoms with van der Waals surface area (Å²) in [5.74, 6) is 0.119. The van der Waals surface area contributed by atoms with Gasteiger partial charge in [0.15, 0.2) is 0 Å². The number of carbonyl (C=O) groups is 1. The molecule has 2 rings (SSSR count). The maximum absolute atomic E-state index is 12.4. The summed E-state index contributed by atoms with van der Waals surface area (Å²) < 4.78 is 0. The van der Waals surface area contributed by atoms with Crippen LogP contribution in [-0.2, 0) is 0 Å². The third kappa shape index (κ3) is 3.44. The first-order valence-electron chi connectivity index (χ1n) is 6.61. The van der Waals surface area contributed by atoms with Crippen molar-refractivity contribution in [2.24, 2.45) is 0 Å². The summed E-state index contributed by atoms with van der Waals surface area (Å²) in [5.41, 5.74) is 0.777. The van der Waals surface area contributed by atoms with Gasteiger partial charge < -0.3 is 4.90 Å². The molecule has 100 valence electrons. The summed E-state index contributed by atoms with van der Waals surface area (Å²) in [5, 5.41) is 2.29. The topological polar surface area (TPSA) is 20.3 Å². The van der Waals surface area contributed by atoms with Gasteiger partial charge in [0, 0.05) is 18.8 Å². The van der Waals surface area contributed by atoms with Gasteiger partial charge in [-0.1, -0.05) is 50.0 Å². The van der Waals surface area contributed by atoms with Crippen LogP contribution in [0, 0.1) is 0 Å². The van der Waals surface area contributed by atoms with Gasteiger partial charge in [0.1, 0.15) is 0 Å². The monoisotopic (exact) mass is 271 g/mol. The molecular formula is C16H21NOSi. The number of fused-ring (bicyclic) bond motifs is 1. The Balaban J connectivity index is 2.26. The predicted molar refractivity (Wildman–Crippen MR) is 84.3 cm³/mol. The van der Waals surface area contributed by atoms with E-state index in [-0.39, 0.29) is 5.91 Å². The molecule has 0 atom stereocenters. The number of hydrogen-bond donors (Lipinski definition) is 0. The zero-order valence-electron chi connectivity index (χ0n) is 12.1. The molecule has 0 unspecified atom stereocenters. The van der Waals surface area contributed by atoms with Crippen molar-refractivity contribution in [3.63, 3.8) is 0 Å². The highest BCUT2D eigenvalue weighted by atomic mass is 28.3. The molecule has 0 aliphatic rings. The van der Waals surface area contributed by atoms with Crippen LogP contribution in [0.4, 0.5) is 0 Å². The molecule has 0 saturated heterocycles. The second-order valence-electron chi connectivity index (χ2n) is 6.28. The standard InChI is InChI=1S/C16H21NOSi/c1-17(12-19(2,3)4)16(18)15-10-9-13-7-5-6-8-14(13)11-15/h5-11H,12H2,1-4H3. The third-order valence-electron chi connectivity index (χ3n) is 3.05. The molecular weight excluding hydrogens is 250 g/mol. The Hall–Kier alpha value is -1.61. The zero-order valence-corrected chi connectivity index (χ0v) is 13.1. The Morgan fingerprint density at radius 2 is 1.68 bits per heavy atom. The molecule has 0 aromatic heterocycles. The SMILES string of the molecule is CN(C[Si](C)(C)C)C(=O)c1ccc2ccccc2c1. The van der Waals surface area contributed by atoms with Crippen molar-refractivity contribution in [1.82, 2.24) is 4.90 Å². The molecule has 0 radical (unpaired) electrons. The Morgan fingerprint density at radius 1 is 1.05 bits per heavy atom. The predicted octanol–water partition coefficient (Wildman–Crippen LogP) is 3.79. The summed E-state index contributed by atoms with van der Waals surface area (Å²) in [6.45, 7) is 6.82. The van der Waals surface area contributed by atoms with E-state index in [1.165, 1.54) is 5.39 Å². The maximum Gasteiger partial charge on any atom is 0.253 e. The van der Waals surface area contributed by atoms with Crippen LogP contribution in [0.5, 0.6) is 0 Å². The Labute approximate surface area is 116 Å². The quantitative estimate of drug-likeness (QED) is 0.778. The molecule has 0 fully saturated rings. The zero-order chi connectivity index (χ0) is 14.0. The molecule has 0 heterocycles. The van der Waals surface area contributed by atoms with E-state index in [1.54, 1.807) is 0 Å². The van der Waals surface area contributed by atoms with Gasteiger partial charge in [-0.05, 0) is 22.9 Å². The van der Waals surface area contributed by atoms with Crippen molar-refractivity contribution in [2.45, 2.75) is 19.6 Å². The summed E-state index contributed by atoms with van der Waals surface area (Å²) in [7, 11) is 0.634. The normalized spacial score (nSPS) is 11.6. The van der Waals surface area contributed by atoms with Crippen LogP contribution in [-0.4, -0.2) is 32.1 Å². The molecule has 2 aromatic carbocycles. The van der Waals surface area contributed by atoms with Crippen molar-refractivity contribution in [2.75, 3.05) is 13.2 Å². The van der Waals surface area contributed by atoms with Gasteiger partial charge in [0.05, 0.1) is 8.07 Å². The second kappa shape index (κ2) is 5.17. The Bertz CT molecular complexity index is 601. The van der Waals surface area contributed by atoms with Crippen LogP contribution < -0.4 is 0 Å². The Morgan fingerprint density at radius 3 is 2.32 bits per heavy atom. The Kier molecular flexibility index (Phi) is 3.76. The van der Waals surface area contributed by atoms with Gasteiger partial charge in [-0.2, -0.15) is 0 Å². The van der Waals surface area contributed by atoms with Crippen LogP contribution in [0.3, 0.4) is 0 Å². The maximum atomic E-state index is 12.4. The number of benzene rings is 2. The van der Waals surface area contributed by atoms with Gasteiger partial charge in [-0.3, -0.25) is 4.79 Å². The molecule has 2 aromatic rings. The molecule has 0 aliphatic carbocycles. The van der Waals surface area contributed by atoms with Gasteiger partial charge in [-0.15, -0.1) is 0 Å². The average Bonchev–Trinajstić information content (AvgIpc) is 2.35. The number of hydrogen-bond acceptors (Lipinski definition) is 1. The molecule has 0 aliphatic heterocycles. The minimum atomic E-state index is -1.26. The van der Waals surface area contributed by atoms with E-state index in [1.807, 2.05) is 48.3 Å². The van der Waals surface area contributed by atoms with Crippen molar-refractivity contribution < 1.29 is 4.79 Å². The van der Waals surface area contributed by atoms with Crippen LogP contribution in [0.1, 0.15) is 10.4 Å². The van der Waals surface area contributed by atoms with E-state index in [0.717, 1.165) is 17.1 Å². The molecule has 0 N–H and O–H groups in total. The summed E-state index contributed by atoms with van der Waals surface area (Å²) in [4.78, 5) is 14.3. The van der Waals surface area contributed by atoms with E-state index < -0.39 is 8.07 Å². The summed E-state index contributed by atoms with van der Waals surface area (Å²) in [6.07, 6.45) is 0.888. The van der Waals surface area contributed by atoms with E-state index >= 15 is 0 Å². The fourth-order valence-electron chi connectivity index (χ4n) is 2.33. The second-order valence-corrected chi connectivity index (χ2v) is 11.7. The first-order valence-corrected chi connectivity index (χ1v) is 10.3. The van der Waals surface area contributed by atoms with Crippen molar-refractivity contribution in [1.29, 1.82) is 0 Å². The van der Waals surface area contributed by atoms with Crippen molar-refractivity contribution in [3.05, 3.63) is 48.0 Å². The smallest absolute Gasteiger partial charge is 0.253 e. The number of nitrogens with zero attached hydrogens (tertiary/aromatic N) is 1. The largest absolute Gasteiger partial charge is 0.345 e. The molecule has 3 heteroatoms. The van der Waals surface area contributed by atoms with Gasteiger partial charge in [-0.25, -0.2) is 0 Å². The van der Waals surface area contributed by atoms with Crippen LogP contribution in [0.2, 0.25) is 19.6 Å². The summed E-state index contributed by atoms with van der Waals surface area (Å²) in [6, 6.07) is 14.1. The van der Waals surface area contributed by atoms with E-state index in [0.29, 0.717) is 0 Å². The van der Waals surface area contributed by atoms with E-state index in [4.69, 9.17) is 0 Å². The molecule has 19 heavy (non-hydrogen) atoms. The van der Waals surface area contributed by atoms with Crippen molar-refractivity contribution >= 4 is 24.8 Å². The average molecular weight is 271 g/mol. The third-order valence-corrected chi connectivity index (χ3v) is 4.48. The van der Waals surface area contributed by atoms with Crippen LogP contribution in [0.15, 0.2) is 42.5 Å². The minimum absolute atomic E-state index is 0.119. The van der Waals surface area contributed by atoms with Gasteiger partial charge in [0.25, 0.3) is 5.91 Å². The van der Waals surface area contributed by atoms with Gasteiger partial charge in [0.2, 0.25) is 0 Å². The van der Waals surface area contributed by atoms with E-state index in [2.05, 4.69) is 25.7 Å². The van der Waals surface area contributed by atoms with Crippen LogP contribution >= 0.6 is 0 Å². The van der Waals surface area contributed by atoms with Crippen molar-refractivity contribution in [3.8, 4) is 0 Å².